The summed E-state index contributed by atoms with van der Waals surface area (Å²) >= 11 is 0. The molecule has 1 aliphatic rings. The van der Waals surface area contributed by atoms with Gasteiger partial charge in [0, 0.05) is 23.9 Å². The zero-order chi connectivity index (χ0) is 19.6. The van der Waals surface area contributed by atoms with Gasteiger partial charge in [-0.3, -0.25) is 0 Å². The van der Waals surface area contributed by atoms with Crippen molar-refractivity contribution >= 4 is 17.4 Å². The molecule has 0 spiro atoms. The Morgan fingerprint density at radius 3 is 2.52 bits per heavy atom. The van der Waals surface area contributed by atoms with Crippen LogP contribution in [0.2, 0.25) is 0 Å². The van der Waals surface area contributed by atoms with Crippen molar-refractivity contribution in [2.24, 2.45) is 5.10 Å². The molecule has 0 saturated heterocycles. The Kier molecular flexibility index (Phi) is 5.43. The Bertz CT molecular complexity index is 895. The molecule has 1 atom stereocenters. The van der Waals surface area contributed by atoms with Gasteiger partial charge in [0.05, 0.1) is 19.3 Å². The molecule has 1 unspecified atom stereocenters. The summed E-state index contributed by atoms with van der Waals surface area (Å²) in [5.41, 5.74) is 11.0. The van der Waals surface area contributed by atoms with E-state index in [1.54, 1.807) is 13.1 Å². The van der Waals surface area contributed by atoms with Crippen LogP contribution in [0, 0.1) is 0 Å². The van der Waals surface area contributed by atoms with Crippen LogP contribution in [0.4, 0.5) is 10.5 Å². The molecule has 2 aromatic rings. The third kappa shape index (κ3) is 3.51. The number of anilines is 1. The van der Waals surface area contributed by atoms with Crippen LogP contribution in [0.3, 0.4) is 0 Å². The number of hydrogen-bond donors (Lipinski definition) is 4. The van der Waals surface area contributed by atoms with Crippen molar-refractivity contribution in [3.8, 4) is 0 Å². The van der Waals surface area contributed by atoms with Crippen LogP contribution in [0.1, 0.15) is 34.7 Å². The molecule has 1 heterocycles. The van der Waals surface area contributed by atoms with Gasteiger partial charge in [0.15, 0.2) is 0 Å². The SMILES string of the molecule is CNC(=O)N1N=C(c2ccccc2N)c2cc(CO)c(CO)cc2CC1C. The van der Waals surface area contributed by atoms with Crippen molar-refractivity contribution in [3.63, 3.8) is 0 Å². The highest BCUT2D eigenvalue weighted by molar-refractivity contribution is 6.17. The third-order valence-electron chi connectivity index (χ3n) is 4.80. The number of hydrazone groups is 1. The van der Waals surface area contributed by atoms with Gasteiger partial charge in [-0.05, 0) is 42.2 Å². The standard InChI is InChI=1S/C20H24N4O3/c1-12-7-13-8-14(10-25)15(11-26)9-17(13)19(23-24(12)20(27)22-2)16-5-3-4-6-18(16)21/h3-6,8-9,12,25-26H,7,10-11,21H2,1-2H3,(H,22,27). The van der Waals surface area contributed by atoms with Crippen molar-refractivity contribution in [2.45, 2.75) is 32.6 Å². The van der Waals surface area contributed by atoms with Crippen molar-refractivity contribution < 1.29 is 15.0 Å². The van der Waals surface area contributed by atoms with Gasteiger partial charge in [0.1, 0.15) is 5.71 Å². The number of para-hydroxylation sites is 1. The number of carbonyl (C=O) groups excluding carboxylic acids is 1. The lowest BCUT2D eigenvalue weighted by atomic mass is 9.90. The molecule has 2 aromatic carbocycles. The second kappa shape index (κ2) is 7.77. The van der Waals surface area contributed by atoms with E-state index in [1.807, 2.05) is 37.3 Å². The Hall–Kier alpha value is -2.90. The third-order valence-corrected chi connectivity index (χ3v) is 4.80. The van der Waals surface area contributed by atoms with E-state index in [1.165, 1.54) is 5.01 Å². The van der Waals surface area contributed by atoms with Crippen molar-refractivity contribution in [1.29, 1.82) is 0 Å². The molecule has 0 radical (unpaired) electrons. The summed E-state index contributed by atoms with van der Waals surface area (Å²) in [6.45, 7) is 1.55. The molecule has 0 aliphatic carbocycles. The maximum Gasteiger partial charge on any atom is 0.337 e. The predicted octanol–water partition coefficient (Wildman–Crippen LogP) is 1.59. The van der Waals surface area contributed by atoms with Gasteiger partial charge in [-0.2, -0.15) is 5.10 Å². The Morgan fingerprint density at radius 2 is 1.89 bits per heavy atom. The smallest absolute Gasteiger partial charge is 0.337 e. The number of nitrogens with one attached hydrogen (secondary N) is 1. The first-order chi connectivity index (χ1) is 13.0. The number of hydrogen-bond acceptors (Lipinski definition) is 5. The van der Waals surface area contributed by atoms with E-state index in [4.69, 9.17) is 5.73 Å². The average Bonchev–Trinajstić information content (AvgIpc) is 2.82. The Balaban J connectivity index is 2.28. The molecule has 1 aliphatic heterocycles. The first kappa shape index (κ1) is 18.9. The molecule has 0 saturated carbocycles. The molecule has 2 amide bonds. The van der Waals surface area contributed by atoms with Gasteiger partial charge in [-0.25, -0.2) is 9.80 Å². The number of amides is 2. The lowest BCUT2D eigenvalue weighted by Gasteiger charge is -2.22. The van der Waals surface area contributed by atoms with Gasteiger partial charge in [0.25, 0.3) is 0 Å². The van der Waals surface area contributed by atoms with Crippen LogP contribution in [0.25, 0.3) is 0 Å². The first-order valence-electron chi connectivity index (χ1n) is 8.81. The van der Waals surface area contributed by atoms with Crippen LogP contribution in [0.5, 0.6) is 0 Å². The number of urea groups is 1. The monoisotopic (exact) mass is 368 g/mol. The molecule has 5 N–H and O–H groups in total. The quantitative estimate of drug-likeness (QED) is 0.617. The van der Waals surface area contributed by atoms with Gasteiger partial charge in [-0.1, -0.05) is 24.3 Å². The minimum absolute atomic E-state index is 0.170. The number of rotatable bonds is 3. The Labute approximate surface area is 158 Å². The molecule has 27 heavy (non-hydrogen) atoms. The van der Waals surface area contributed by atoms with Crippen LogP contribution in [0.15, 0.2) is 41.5 Å². The van der Waals surface area contributed by atoms with E-state index in [-0.39, 0.29) is 25.3 Å². The fourth-order valence-electron chi connectivity index (χ4n) is 3.36. The van der Waals surface area contributed by atoms with E-state index in [0.29, 0.717) is 34.5 Å². The minimum Gasteiger partial charge on any atom is -0.398 e. The molecular formula is C20H24N4O3. The van der Waals surface area contributed by atoms with Gasteiger partial charge >= 0.3 is 6.03 Å². The number of nitrogens with zero attached hydrogens (tertiary/aromatic N) is 2. The summed E-state index contributed by atoms with van der Waals surface area (Å²) in [5, 5.41) is 28.0. The topological polar surface area (TPSA) is 111 Å². The molecule has 0 aromatic heterocycles. The maximum atomic E-state index is 12.4. The van der Waals surface area contributed by atoms with Crippen molar-refractivity contribution in [3.05, 3.63) is 64.2 Å². The van der Waals surface area contributed by atoms with E-state index in [0.717, 1.165) is 11.1 Å². The highest BCUT2D eigenvalue weighted by Crippen LogP contribution is 2.28. The number of carbonyl (C=O) groups is 1. The van der Waals surface area contributed by atoms with Crippen LogP contribution >= 0.6 is 0 Å². The number of aliphatic hydroxyl groups is 2. The molecule has 7 nitrogen and oxygen atoms in total. The number of fused-ring (bicyclic) bond motifs is 1. The normalized spacial score (nSPS) is 16.4. The lowest BCUT2D eigenvalue weighted by molar-refractivity contribution is 0.184. The highest BCUT2D eigenvalue weighted by Gasteiger charge is 2.28. The number of benzene rings is 2. The molecule has 0 bridgehead atoms. The number of nitrogen functional groups attached to an aromatic ring is 1. The van der Waals surface area contributed by atoms with Crippen LogP contribution < -0.4 is 11.1 Å². The molecule has 3 rings (SSSR count). The summed E-state index contributed by atoms with van der Waals surface area (Å²) in [7, 11) is 1.56. The maximum absolute atomic E-state index is 12.4. The largest absolute Gasteiger partial charge is 0.398 e. The second-order valence-corrected chi connectivity index (χ2v) is 6.58. The average molecular weight is 368 g/mol. The Morgan fingerprint density at radius 1 is 1.22 bits per heavy atom. The van der Waals surface area contributed by atoms with Crippen molar-refractivity contribution in [2.75, 3.05) is 12.8 Å². The first-order valence-corrected chi connectivity index (χ1v) is 8.81. The fourth-order valence-corrected chi connectivity index (χ4v) is 3.36. The lowest BCUT2D eigenvalue weighted by Crippen LogP contribution is -2.41. The summed E-state index contributed by atoms with van der Waals surface area (Å²) in [5.74, 6) is 0. The summed E-state index contributed by atoms with van der Waals surface area (Å²) in [6.07, 6.45) is 0.557. The van der Waals surface area contributed by atoms with Crippen molar-refractivity contribution in [1.82, 2.24) is 10.3 Å². The summed E-state index contributed by atoms with van der Waals surface area (Å²) in [6, 6.07) is 10.5. The van der Waals surface area contributed by atoms with Crippen LogP contribution in [-0.4, -0.2) is 40.1 Å². The second-order valence-electron chi connectivity index (χ2n) is 6.58. The number of nitrogens with two attached hydrogens (primary N) is 1. The molecular weight excluding hydrogens is 344 g/mol. The molecule has 0 fully saturated rings. The van der Waals surface area contributed by atoms with Crippen LogP contribution in [-0.2, 0) is 19.6 Å². The summed E-state index contributed by atoms with van der Waals surface area (Å²) < 4.78 is 0. The molecule has 142 valence electrons. The van der Waals surface area contributed by atoms with Gasteiger partial charge in [0.2, 0.25) is 0 Å². The zero-order valence-electron chi connectivity index (χ0n) is 15.4. The van der Waals surface area contributed by atoms with E-state index in [2.05, 4.69) is 10.4 Å². The highest BCUT2D eigenvalue weighted by atomic mass is 16.3. The minimum atomic E-state index is -0.313. The van der Waals surface area contributed by atoms with Gasteiger partial charge < -0.3 is 21.3 Å². The predicted molar refractivity (Wildman–Crippen MR) is 104 cm³/mol. The number of aliphatic hydroxyl groups excluding tert-OH is 2. The van der Waals surface area contributed by atoms with E-state index in [9.17, 15) is 15.0 Å². The van der Waals surface area contributed by atoms with E-state index < -0.39 is 0 Å². The molecule has 7 heteroatoms. The summed E-state index contributed by atoms with van der Waals surface area (Å²) in [4.78, 5) is 12.4. The fraction of sp³-hybridized carbons (Fsp3) is 0.300. The van der Waals surface area contributed by atoms with E-state index >= 15 is 0 Å². The zero-order valence-corrected chi connectivity index (χ0v) is 15.4. The van der Waals surface area contributed by atoms with Gasteiger partial charge in [-0.15, -0.1) is 0 Å².